The molecule has 2 rings (SSSR count). The molecule has 0 aliphatic rings. The van der Waals surface area contributed by atoms with Crippen molar-refractivity contribution >= 4 is 15.9 Å². The molecular formula is C17H24BrN3. The summed E-state index contributed by atoms with van der Waals surface area (Å²) < 4.78 is 3.12. The van der Waals surface area contributed by atoms with Gasteiger partial charge in [-0.15, -0.1) is 0 Å². The van der Waals surface area contributed by atoms with Crippen LogP contribution in [0.1, 0.15) is 28.9 Å². The first-order valence-electron chi connectivity index (χ1n) is 7.42. The van der Waals surface area contributed by atoms with Gasteiger partial charge in [0.05, 0.1) is 15.9 Å². The highest BCUT2D eigenvalue weighted by Crippen LogP contribution is 2.22. The van der Waals surface area contributed by atoms with Crippen LogP contribution in [0.4, 0.5) is 0 Å². The lowest BCUT2D eigenvalue weighted by atomic mass is 10.0. The van der Waals surface area contributed by atoms with Crippen molar-refractivity contribution in [2.24, 2.45) is 7.05 Å². The standard InChI is InChI=1S/C17H24BrN3/c1-12-6-5-7-14(10-12)8-9-15(19-3)11-16-17(18)13(2)20-21(16)4/h5-7,10,15,19H,8-9,11H2,1-4H3. The largest absolute Gasteiger partial charge is 0.317 e. The van der Waals surface area contributed by atoms with Crippen LogP contribution in [0.15, 0.2) is 28.7 Å². The molecule has 0 bridgehead atoms. The Bertz CT molecular complexity index is 604. The van der Waals surface area contributed by atoms with Crippen LogP contribution in [0, 0.1) is 13.8 Å². The van der Waals surface area contributed by atoms with E-state index in [2.05, 4.69) is 57.5 Å². The summed E-state index contributed by atoms with van der Waals surface area (Å²) in [5.74, 6) is 0. The summed E-state index contributed by atoms with van der Waals surface area (Å²) >= 11 is 3.65. The van der Waals surface area contributed by atoms with Gasteiger partial charge in [-0.3, -0.25) is 4.68 Å². The van der Waals surface area contributed by atoms with E-state index in [0.717, 1.165) is 29.4 Å². The maximum absolute atomic E-state index is 4.47. The van der Waals surface area contributed by atoms with Gasteiger partial charge in [-0.2, -0.15) is 5.10 Å². The molecule has 4 heteroatoms. The van der Waals surface area contributed by atoms with Crippen LogP contribution in [0.2, 0.25) is 0 Å². The summed E-state index contributed by atoms with van der Waals surface area (Å²) in [6.45, 7) is 4.18. The van der Waals surface area contributed by atoms with Crippen LogP contribution in [-0.2, 0) is 19.9 Å². The number of hydrogen-bond acceptors (Lipinski definition) is 2. The molecule has 1 N–H and O–H groups in total. The van der Waals surface area contributed by atoms with E-state index < -0.39 is 0 Å². The number of rotatable bonds is 6. The monoisotopic (exact) mass is 349 g/mol. The summed E-state index contributed by atoms with van der Waals surface area (Å²) in [5, 5.41) is 7.91. The van der Waals surface area contributed by atoms with Crippen LogP contribution < -0.4 is 5.32 Å². The van der Waals surface area contributed by atoms with Crippen molar-refractivity contribution < 1.29 is 0 Å². The fraction of sp³-hybridized carbons (Fsp3) is 0.471. The van der Waals surface area contributed by atoms with E-state index in [9.17, 15) is 0 Å². The van der Waals surface area contributed by atoms with E-state index in [0.29, 0.717) is 6.04 Å². The number of halogens is 1. The van der Waals surface area contributed by atoms with Gasteiger partial charge in [0.25, 0.3) is 0 Å². The van der Waals surface area contributed by atoms with Gasteiger partial charge in [0.1, 0.15) is 0 Å². The average Bonchev–Trinajstić information content (AvgIpc) is 2.69. The molecule has 0 fully saturated rings. The lowest BCUT2D eigenvalue weighted by Crippen LogP contribution is -2.29. The molecule has 3 nitrogen and oxygen atoms in total. The van der Waals surface area contributed by atoms with E-state index >= 15 is 0 Å². The first-order chi connectivity index (χ1) is 10.0. The van der Waals surface area contributed by atoms with Gasteiger partial charge in [0.15, 0.2) is 0 Å². The third-order valence-electron chi connectivity index (χ3n) is 3.97. The summed E-state index contributed by atoms with van der Waals surface area (Å²) in [4.78, 5) is 0. The molecule has 2 aromatic rings. The minimum absolute atomic E-state index is 0.455. The molecule has 0 radical (unpaired) electrons. The van der Waals surface area contributed by atoms with Crippen molar-refractivity contribution in [2.75, 3.05) is 7.05 Å². The number of likely N-dealkylation sites (N-methyl/N-ethyl adjacent to an activating group) is 1. The zero-order valence-electron chi connectivity index (χ0n) is 13.3. The Kier molecular flexibility index (Phi) is 5.59. The molecule has 1 unspecified atom stereocenters. The number of aryl methyl sites for hydroxylation is 4. The maximum Gasteiger partial charge on any atom is 0.0738 e. The second kappa shape index (κ2) is 7.23. The lowest BCUT2D eigenvalue weighted by molar-refractivity contribution is 0.502. The molecule has 0 aliphatic carbocycles. The molecule has 0 amide bonds. The van der Waals surface area contributed by atoms with E-state index in [1.165, 1.54) is 16.8 Å². The molecule has 0 spiro atoms. The van der Waals surface area contributed by atoms with Crippen molar-refractivity contribution in [1.82, 2.24) is 15.1 Å². The average molecular weight is 350 g/mol. The molecule has 21 heavy (non-hydrogen) atoms. The molecule has 1 heterocycles. The van der Waals surface area contributed by atoms with Crippen molar-refractivity contribution in [1.29, 1.82) is 0 Å². The van der Waals surface area contributed by atoms with E-state index in [-0.39, 0.29) is 0 Å². The Morgan fingerprint density at radius 2 is 2.10 bits per heavy atom. The van der Waals surface area contributed by atoms with Crippen LogP contribution >= 0.6 is 15.9 Å². The topological polar surface area (TPSA) is 29.9 Å². The third kappa shape index (κ3) is 4.17. The van der Waals surface area contributed by atoms with Gasteiger partial charge < -0.3 is 5.32 Å². The van der Waals surface area contributed by atoms with Crippen LogP contribution in [0.25, 0.3) is 0 Å². The zero-order chi connectivity index (χ0) is 15.4. The summed E-state index contributed by atoms with van der Waals surface area (Å²) in [6, 6.07) is 9.23. The lowest BCUT2D eigenvalue weighted by Gasteiger charge is -2.17. The number of hydrogen-bond donors (Lipinski definition) is 1. The Balaban J connectivity index is 2.00. The zero-order valence-corrected chi connectivity index (χ0v) is 14.9. The highest BCUT2D eigenvalue weighted by atomic mass is 79.9. The number of benzene rings is 1. The Hall–Kier alpha value is -1.13. The predicted octanol–water partition coefficient (Wildman–Crippen LogP) is 3.56. The summed E-state index contributed by atoms with van der Waals surface area (Å²) in [7, 11) is 4.05. The Morgan fingerprint density at radius 1 is 1.33 bits per heavy atom. The van der Waals surface area contributed by atoms with Gasteiger partial charge >= 0.3 is 0 Å². The van der Waals surface area contributed by atoms with E-state index in [1.807, 2.05) is 25.7 Å². The van der Waals surface area contributed by atoms with Crippen LogP contribution in [0.5, 0.6) is 0 Å². The van der Waals surface area contributed by atoms with Gasteiger partial charge in [-0.1, -0.05) is 29.8 Å². The molecule has 0 saturated heterocycles. The smallest absolute Gasteiger partial charge is 0.0738 e. The second-order valence-corrected chi connectivity index (χ2v) is 6.48. The third-order valence-corrected chi connectivity index (χ3v) is 5.01. The molecule has 0 saturated carbocycles. The molecular weight excluding hydrogens is 326 g/mol. The highest BCUT2D eigenvalue weighted by Gasteiger charge is 2.15. The van der Waals surface area contributed by atoms with Crippen molar-refractivity contribution in [3.8, 4) is 0 Å². The van der Waals surface area contributed by atoms with Crippen LogP contribution in [-0.4, -0.2) is 22.9 Å². The normalized spacial score (nSPS) is 12.6. The highest BCUT2D eigenvalue weighted by molar-refractivity contribution is 9.10. The van der Waals surface area contributed by atoms with Gasteiger partial charge in [-0.05, 0) is 55.2 Å². The van der Waals surface area contributed by atoms with Crippen molar-refractivity contribution in [3.63, 3.8) is 0 Å². The molecule has 1 aromatic heterocycles. The Morgan fingerprint density at radius 3 is 2.67 bits per heavy atom. The van der Waals surface area contributed by atoms with Gasteiger partial charge in [0, 0.05) is 19.5 Å². The minimum atomic E-state index is 0.455. The van der Waals surface area contributed by atoms with Gasteiger partial charge in [-0.25, -0.2) is 0 Å². The molecule has 1 atom stereocenters. The summed E-state index contributed by atoms with van der Waals surface area (Å²) in [5.41, 5.74) is 5.06. The number of aromatic nitrogens is 2. The summed E-state index contributed by atoms with van der Waals surface area (Å²) in [6.07, 6.45) is 3.21. The molecule has 114 valence electrons. The van der Waals surface area contributed by atoms with Crippen LogP contribution in [0.3, 0.4) is 0 Å². The SMILES string of the molecule is CNC(CCc1cccc(C)c1)Cc1c(Br)c(C)nn1C. The first kappa shape index (κ1) is 16.2. The predicted molar refractivity (Wildman–Crippen MR) is 91.7 cm³/mol. The molecule has 0 aliphatic heterocycles. The minimum Gasteiger partial charge on any atom is -0.317 e. The second-order valence-electron chi connectivity index (χ2n) is 5.69. The fourth-order valence-corrected chi connectivity index (χ4v) is 3.19. The van der Waals surface area contributed by atoms with E-state index in [1.54, 1.807) is 0 Å². The number of nitrogens with zero attached hydrogens (tertiary/aromatic N) is 2. The van der Waals surface area contributed by atoms with E-state index in [4.69, 9.17) is 0 Å². The maximum atomic E-state index is 4.47. The fourth-order valence-electron chi connectivity index (χ4n) is 2.69. The van der Waals surface area contributed by atoms with Crippen molar-refractivity contribution in [2.45, 2.75) is 39.2 Å². The van der Waals surface area contributed by atoms with Crippen molar-refractivity contribution in [3.05, 3.63) is 51.3 Å². The number of nitrogens with one attached hydrogen (secondary N) is 1. The quantitative estimate of drug-likeness (QED) is 0.863. The molecule has 1 aromatic carbocycles. The Labute approximate surface area is 135 Å². The van der Waals surface area contributed by atoms with Gasteiger partial charge in [0.2, 0.25) is 0 Å². The first-order valence-corrected chi connectivity index (χ1v) is 8.21.